The summed E-state index contributed by atoms with van der Waals surface area (Å²) < 4.78 is 0. The number of nitrogens with zero attached hydrogens (tertiary/aromatic N) is 4. The SMILES string of the molecule is CCN(CC)CCCNC(=O)C1CCCN(C(=O)c2nnc(C(=O)Nc3ccc(C)cc3)s2)C1. The van der Waals surface area contributed by atoms with Crippen molar-refractivity contribution in [1.29, 1.82) is 0 Å². The van der Waals surface area contributed by atoms with Crippen LogP contribution in [0.15, 0.2) is 24.3 Å². The first-order valence-corrected chi connectivity index (χ1v) is 12.7. The maximum atomic E-state index is 13.0. The van der Waals surface area contributed by atoms with E-state index in [1.165, 1.54) is 0 Å². The molecule has 10 heteroatoms. The third kappa shape index (κ3) is 7.07. The number of anilines is 1. The average Bonchev–Trinajstić information content (AvgIpc) is 3.35. The number of piperidine rings is 1. The van der Waals surface area contributed by atoms with Crippen LogP contribution in [0.1, 0.15) is 58.3 Å². The molecule has 0 saturated carbocycles. The molecule has 1 aliphatic heterocycles. The highest BCUT2D eigenvalue weighted by Gasteiger charge is 2.30. The normalized spacial score (nSPS) is 15.9. The number of hydrogen-bond acceptors (Lipinski definition) is 7. The van der Waals surface area contributed by atoms with E-state index in [0.717, 1.165) is 55.8 Å². The zero-order chi connectivity index (χ0) is 24.5. The number of rotatable bonds is 10. The Morgan fingerprint density at radius 2 is 1.82 bits per heavy atom. The number of hydrogen-bond donors (Lipinski definition) is 2. The predicted molar refractivity (Wildman–Crippen MR) is 133 cm³/mol. The third-order valence-corrected chi connectivity index (χ3v) is 6.95. The molecule has 184 valence electrons. The molecule has 2 aromatic rings. The lowest BCUT2D eigenvalue weighted by molar-refractivity contribution is -0.126. The summed E-state index contributed by atoms with van der Waals surface area (Å²) in [7, 11) is 0. The lowest BCUT2D eigenvalue weighted by Gasteiger charge is -2.31. The molecule has 2 heterocycles. The largest absolute Gasteiger partial charge is 0.356 e. The highest BCUT2D eigenvalue weighted by atomic mass is 32.1. The molecule has 3 rings (SSSR count). The molecule has 1 aromatic heterocycles. The van der Waals surface area contributed by atoms with E-state index in [1.54, 1.807) is 4.90 Å². The molecule has 0 bridgehead atoms. The standard InChI is InChI=1S/C24H34N6O3S/c1-4-29(5-2)14-7-13-25-20(31)18-8-6-15-30(16-18)24(33)23-28-27-22(34-23)21(32)26-19-11-9-17(3)10-12-19/h9-12,18H,4-8,13-16H2,1-3H3,(H,25,31)(H,26,32). The summed E-state index contributed by atoms with van der Waals surface area (Å²) in [6.45, 7) is 10.8. The summed E-state index contributed by atoms with van der Waals surface area (Å²) >= 11 is 0.968. The van der Waals surface area contributed by atoms with Crippen LogP contribution in [0, 0.1) is 12.8 Å². The van der Waals surface area contributed by atoms with E-state index in [9.17, 15) is 14.4 Å². The average molecular weight is 487 g/mol. The molecule has 9 nitrogen and oxygen atoms in total. The van der Waals surface area contributed by atoms with Gasteiger partial charge in [0.15, 0.2) is 0 Å². The third-order valence-electron chi connectivity index (χ3n) is 6.04. The molecule has 1 fully saturated rings. The van der Waals surface area contributed by atoms with Gasteiger partial charge in [0.25, 0.3) is 11.8 Å². The first-order chi connectivity index (χ1) is 16.4. The summed E-state index contributed by atoms with van der Waals surface area (Å²) in [4.78, 5) is 42.0. The quantitative estimate of drug-likeness (QED) is 0.500. The minimum atomic E-state index is -0.402. The minimum Gasteiger partial charge on any atom is -0.356 e. The Balaban J connectivity index is 1.50. The van der Waals surface area contributed by atoms with Crippen molar-refractivity contribution < 1.29 is 14.4 Å². The van der Waals surface area contributed by atoms with Gasteiger partial charge in [0.1, 0.15) is 0 Å². The molecule has 0 aliphatic carbocycles. The van der Waals surface area contributed by atoms with E-state index >= 15 is 0 Å². The van der Waals surface area contributed by atoms with Crippen LogP contribution >= 0.6 is 11.3 Å². The van der Waals surface area contributed by atoms with Gasteiger partial charge >= 0.3 is 0 Å². The fourth-order valence-corrected chi connectivity index (χ4v) is 4.64. The number of carbonyl (C=O) groups excluding carboxylic acids is 3. The van der Waals surface area contributed by atoms with Crippen LogP contribution in [0.5, 0.6) is 0 Å². The minimum absolute atomic E-state index is 0.00697. The van der Waals surface area contributed by atoms with Gasteiger partial charge in [-0.1, -0.05) is 42.9 Å². The number of likely N-dealkylation sites (tertiary alicyclic amines) is 1. The van der Waals surface area contributed by atoms with E-state index in [0.29, 0.717) is 25.3 Å². The van der Waals surface area contributed by atoms with Crippen LogP contribution in [0.25, 0.3) is 0 Å². The van der Waals surface area contributed by atoms with E-state index < -0.39 is 5.91 Å². The zero-order valence-corrected chi connectivity index (χ0v) is 21.0. The van der Waals surface area contributed by atoms with Gasteiger partial charge in [-0.2, -0.15) is 0 Å². The second-order valence-corrected chi connectivity index (χ2v) is 9.47. The molecule has 0 spiro atoms. The molecule has 1 aliphatic rings. The van der Waals surface area contributed by atoms with Crippen molar-refractivity contribution in [3.8, 4) is 0 Å². The number of aryl methyl sites for hydroxylation is 1. The van der Waals surface area contributed by atoms with Gasteiger partial charge in [0.2, 0.25) is 15.9 Å². The van der Waals surface area contributed by atoms with Crippen LogP contribution in [-0.2, 0) is 4.79 Å². The zero-order valence-electron chi connectivity index (χ0n) is 20.2. The maximum Gasteiger partial charge on any atom is 0.286 e. The van der Waals surface area contributed by atoms with Gasteiger partial charge < -0.3 is 20.4 Å². The molecular weight excluding hydrogens is 452 g/mol. The Kier molecular flexibility index (Phi) is 9.52. The van der Waals surface area contributed by atoms with Crippen molar-refractivity contribution in [3.63, 3.8) is 0 Å². The Bertz CT molecular complexity index is 973. The van der Waals surface area contributed by atoms with E-state index in [-0.39, 0.29) is 27.7 Å². The fourth-order valence-electron chi connectivity index (χ4n) is 3.93. The molecule has 1 saturated heterocycles. The molecular formula is C24H34N6O3S. The van der Waals surface area contributed by atoms with Crippen LogP contribution in [0.3, 0.4) is 0 Å². The second-order valence-electron chi connectivity index (χ2n) is 8.49. The molecule has 1 unspecified atom stereocenters. The van der Waals surface area contributed by atoms with E-state index in [4.69, 9.17) is 0 Å². The fraction of sp³-hybridized carbons (Fsp3) is 0.542. The molecule has 1 atom stereocenters. The molecule has 1 aromatic carbocycles. The van der Waals surface area contributed by atoms with Crippen LogP contribution in [-0.4, -0.2) is 77.0 Å². The maximum absolute atomic E-state index is 13.0. The molecule has 2 N–H and O–H groups in total. The lowest BCUT2D eigenvalue weighted by atomic mass is 9.97. The summed E-state index contributed by atoms with van der Waals surface area (Å²) in [5.74, 6) is -0.928. The topological polar surface area (TPSA) is 108 Å². The Labute approximate surface area is 204 Å². The van der Waals surface area contributed by atoms with E-state index in [1.807, 2.05) is 31.2 Å². The van der Waals surface area contributed by atoms with Gasteiger partial charge in [-0.25, -0.2) is 0 Å². The van der Waals surface area contributed by atoms with Crippen molar-refractivity contribution >= 4 is 34.7 Å². The first-order valence-electron chi connectivity index (χ1n) is 11.9. The molecule has 34 heavy (non-hydrogen) atoms. The van der Waals surface area contributed by atoms with Gasteiger partial charge in [0.05, 0.1) is 5.92 Å². The number of amides is 3. The van der Waals surface area contributed by atoms with Crippen molar-refractivity contribution in [1.82, 2.24) is 25.3 Å². The Hall–Kier alpha value is -2.85. The number of nitrogens with one attached hydrogen (secondary N) is 2. The van der Waals surface area contributed by atoms with Crippen molar-refractivity contribution in [2.24, 2.45) is 5.92 Å². The summed E-state index contributed by atoms with van der Waals surface area (Å²) in [6.07, 6.45) is 2.41. The molecule has 3 amide bonds. The van der Waals surface area contributed by atoms with Gasteiger partial charge in [-0.15, -0.1) is 10.2 Å². The van der Waals surface area contributed by atoms with Crippen LogP contribution in [0.4, 0.5) is 5.69 Å². The summed E-state index contributed by atoms with van der Waals surface area (Å²) in [5.41, 5.74) is 1.75. The van der Waals surface area contributed by atoms with Crippen molar-refractivity contribution in [2.45, 2.75) is 40.0 Å². The van der Waals surface area contributed by atoms with Gasteiger partial charge in [-0.05, 0) is 58.0 Å². The number of aromatic nitrogens is 2. The monoisotopic (exact) mass is 486 g/mol. The first kappa shape index (κ1) is 25.8. The number of carbonyl (C=O) groups is 3. The van der Waals surface area contributed by atoms with Gasteiger partial charge in [-0.3, -0.25) is 14.4 Å². The predicted octanol–water partition coefficient (Wildman–Crippen LogP) is 2.80. The highest BCUT2D eigenvalue weighted by molar-refractivity contribution is 7.15. The van der Waals surface area contributed by atoms with Crippen molar-refractivity contribution in [3.05, 3.63) is 39.8 Å². The Morgan fingerprint density at radius 1 is 1.12 bits per heavy atom. The highest BCUT2D eigenvalue weighted by Crippen LogP contribution is 2.21. The van der Waals surface area contributed by atoms with Gasteiger partial charge in [0, 0.05) is 25.3 Å². The number of benzene rings is 1. The summed E-state index contributed by atoms with van der Waals surface area (Å²) in [6, 6.07) is 7.42. The van der Waals surface area contributed by atoms with Crippen LogP contribution in [0.2, 0.25) is 0 Å². The second kappa shape index (κ2) is 12.6. The Morgan fingerprint density at radius 3 is 2.53 bits per heavy atom. The van der Waals surface area contributed by atoms with E-state index in [2.05, 4.69) is 39.6 Å². The van der Waals surface area contributed by atoms with Crippen molar-refractivity contribution in [2.75, 3.05) is 44.6 Å². The smallest absolute Gasteiger partial charge is 0.286 e. The van der Waals surface area contributed by atoms with Crippen LogP contribution < -0.4 is 10.6 Å². The molecule has 0 radical (unpaired) electrons. The summed E-state index contributed by atoms with van der Waals surface area (Å²) in [5, 5.41) is 13.9. The lowest BCUT2D eigenvalue weighted by Crippen LogP contribution is -2.45.